The van der Waals surface area contributed by atoms with Crippen molar-refractivity contribution in [1.29, 1.82) is 0 Å². The van der Waals surface area contributed by atoms with E-state index >= 15 is 0 Å². The van der Waals surface area contributed by atoms with Crippen molar-refractivity contribution in [1.82, 2.24) is 10.2 Å². The molecule has 1 saturated heterocycles. The number of hydrogen-bond acceptors (Lipinski definition) is 2. The van der Waals surface area contributed by atoms with Crippen LogP contribution in [-0.2, 0) is 4.74 Å². The Kier molecular flexibility index (Phi) is 11.2. The summed E-state index contributed by atoms with van der Waals surface area (Å²) < 4.78 is 6.13. The van der Waals surface area contributed by atoms with E-state index in [1.807, 2.05) is 0 Å². The van der Waals surface area contributed by atoms with Crippen molar-refractivity contribution in [3.8, 4) is 0 Å². The molecule has 0 saturated carbocycles. The van der Waals surface area contributed by atoms with Crippen molar-refractivity contribution < 1.29 is 4.74 Å². The van der Waals surface area contributed by atoms with Gasteiger partial charge in [0.05, 0.1) is 6.10 Å². The minimum absolute atomic E-state index is 0. The number of nitrogens with one attached hydrogen (secondary N) is 1. The largest absolute Gasteiger partial charge is 0.373 e. The molecule has 0 aromatic heterocycles. The summed E-state index contributed by atoms with van der Waals surface area (Å²) in [6, 6.07) is 8.77. The molecular formula is C21H36IN3O. The number of nitrogens with zero attached hydrogens (tertiary/aromatic N) is 2. The molecule has 2 rings (SSSR count). The molecule has 0 spiro atoms. The van der Waals surface area contributed by atoms with E-state index in [1.54, 1.807) is 0 Å². The molecule has 1 aliphatic heterocycles. The quantitative estimate of drug-likeness (QED) is 0.352. The molecule has 1 aromatic rings. The van der Waals surface area contributed by atoms with Gasteiger partial charge in [0.1, 0.15) is 0 Å². The Morgan fingerprint density at radius 1 is 1.27 bits per heavy atom. The smallest absolute Gasteiger partial charge is 0.193 e. The Balaban J connectivity index is 0.00000338. The topological polar surface area (TPSA) is 36.9 Å². The maximum Gasteiger partial charge on any atom is 0.193 e. The van der Waals surface area contributed by atoms with Crippen molar-refractivity contribution in [3.05, 3.63) is 35.4 Å². The molecule has 0 bridgehead atoms. The Labute approximate surface area is 176 Å². The number of hydrogen-bond donors (Lipinski definition) is 1. The minimum Gasteiger partial charge on any atom is -0.373 e. The summed E-state index contributed by atoms with van der Waals surface area (Å²) in [5, 5.41) is 3.43. The predicted octanol–water partition coefficient (Wildman–Crippen LogP) is 4.78. The highest BCUT2D eigenvalue weighted by Gasteiger charge is 2.27. The third-order valence-electron chi connectivity index (χ3n) is 4.87. The van der Waals surface area contributed by atoms with Gasteiger partial charge in [0.25, 0.3) is 0 Å². The second kappa shape index (κ2) is 12.5. The average molecular weight is 473 g/mol. The molecule has 2 atom stereocenters. The fourth-order valence-electron chi connectivity index (χ4n) is 3.33. The third-order valence-corrected chi connectivity index (χ3v) is 4.87. The van der Waals surface area contributed by atoms with Crippen LogP contribution in [0.5, 0.6) is 0 Å². The Morgan fingerprint density at radius 3 is 2.65 bits per heavy atom. The first-order valence-electron chi connectivity index (χ1n) is 9.83. The Morgan fingerprint density at radius 2 is 2.00 bits per heavy atom. The number of rotatable bonds is 7. The number of aliphatic imine (C=N–C) groups is 1. The summed E-state index contributed by atoms with van der Waals surface area (Å²) in [7, 11) is 2.13. The maximum absolute atomic E-state index is 6.13. The van der Waals surface area contributed by atoms with Crippen LogP contribution in [0.3, 0.4) is 0 Å². The number of unbranched alkanes of at least 4 members (excludes halogenated alkanes) is 1. The third kappa shape index (κ3) is 7.06. The van der Waals surface area contributed by atoms with Gasteiger partial charge in [0, 0.05) is 39.2 Å². The minimum atomic E-state index is 0. The monoisotopic (exact) mass is 473 g/mol. The van der Waals surface area contributed by atoms with E-state index in [0.29, 0.717) is 5.92 Å². The van der Waals surface area contributed by atoms with Gasteiger partial charge < -0.3 is 15.0 Å². The van der Waals surface area contributed by atoms with Gasteiger partial charge in [0.15, 0.2) is 5.96 Å². The highest BCUT2D eigenvalue weighted by molar-refractivity contribution is 14.0. The number of aryl methyl sites for hydroxylation is 1. The van der Waals surface area contributed by atoms with Crippen molar-refractivity contribution in [3.63, 3.8) is 0 Å². The first kappa shape index (κ1) is 23.2. The maximum atomic E-state index is 6.13. The second-order valence-electron chi connectivity index (χ2n) is 7.07. The highest BCUT2D eigenvalue weighted by Crippen LogP contribution is 2.34. The van der Waals surface area contributed by atoms with Gasteiger partial charge in [0.2, 0.25) is 0 Å². The molecule has 0 radical (unpaired) electrons. The van der Waals surface area contributed by atoms with Gasteiger partial charge in [-0.05, 0) is 38.7 Å². The second-order valence-corrected chi connectivity index (χ2v) is 7.07. The SMILES string of the molecule is CCCCN(C)C(=NCC1CCCOC1c1ccc(C)cc1)NCC.I. The summed E-state index contributed by atoms with van der Waals surface area (Å²) in [5.74, 6) is 1.47. The van der Waals surface area contributed by atoms with E-state index in [-0.39, 0.29) is 30.1 Å². The summed E-state index contributed by atoms with van der Waals surface area (Å²) in [6.45, 7) is 10.1. The van der Waals surface area contributed by atoms with E-state index in [9.17, 15) is 0 Å². The molecule has 4 nitrogen and oxygen atoms in total. The number of guanidine groups is 1. The molecule has 2 unspecified atom stereocenters. The molecular weight excluding hydrogens is 437 g/mol. The van der Waals surface area contributed by atoms with Crippen LogP contribution in [-0.4, -0.2) is 44.1 Å². The van der Waals surface area contributed by atoms with Gasteiger partial charge >= 0.3 is 0 Å². The number of ether oxygens (including phenoxy) is 1. The standard InChI is InChI=1S/C21H35N3O.HI/c1-5-7-14-24(4)21(22-6-2)23-16-19-9-8-15-25-20(19)18-12-10-17(3)11-13-18;/h10-13,19-20H,5-9,14-16H2,1-4H3,(H,22,23);1H. The van der Waals surface area contributed by atoms with Gasteiger partial charge in [-0.1, -0.05) is 43.2 Å². The molecule has 148 valence electrons. The van der Waals surface area contributed by atoms with E-state index in [2.05, 4.69) is 62.3 Å². The van der Waals surface area contributed by atoms with Crippen LogP contribution >= 0.6 is 24.0 Å². The van der Waals surface area contributed by atoms with Crippen LogP contribution in [0.1, 0.15) is 56.8 Å². The first-order chi connectivity index (χ1) is 12.2. The predicted molar refractivity (Wildman–Crippen MR) is 122 cm³/mol. The fourth-order valence-corrected chi connectivity index (χ4v) is 3.33. The van der Waals surface area contributed by atoms with Crippen LogP contribution in [0.15, 0.2) is 29.3 Å². The summed E-state index contributed by atoms with van der Waals surface area (Å²) >= 11 is 0. The van der Waals surface area contributed by atoms with E-state index in [4.69, 9.17) is 9.73 Å². The van der Waals surface area contributed by atoms with Gasteiger partial charge in [-0.25, -0.2) is 0 Å². The molecule has 1 aliphatic rings. The summed E-state index contributed by atoms with van der Waals surface area (Å²) in [5.41, 5.74) is 2.58. The van der Waals surface area contributed by atoms with E-state index < -0.39 is 0 Å². The molecule has 1 heterocycles. The van der Waals surface area contributed by atoms with Gasteiger partial charge in [-0.15, -0.1) is 24.0 Å². The van der Waals surface area contributed by atoms with Crippen LogP contribution < -0.4 is 5.32 Å². The van der Waals surface area contributed by atoms with Crippen molar-refractivity contribution >= 4 is 29.9 Å². The lowest BCUT2D eigenvalue weighted by molar-refractivity contribution is -0.0250. The van der Waals surface area contributed by atoms with Crippen molar-refractivity contribution in [2.24, 2.45) is 10.9 Å². The lowest BCUT2D eigenvalue weighted by Crippen LogP contribution is -2.40. The summed E-state index contributed by atoms with van der Waals surface area (Å²) in [6.07, 6.45) is 4.88. The number of halogens is 1. The molecule has 26 heavy (non-hydrogen) atoms. The van der Waals surface area contributed by atoms with Crippen molar-refractivity contribution in [2.75, 3.05) is 33.3 Å². The van der Waals surface area contributed by atoms with Crippen LogP contribution in [0.4, 0.5) is 0 Å². The molecule has 0 aliphatic carbocycles. The van der Waals surface area contributed by atoms with Crippen molar-refractivity contribution in [2.45, 2.75) is 52.6 Å². The van der Waals surface area contributed by atoms with E-state index in [1.165, 1.54) is 30.4 Å². The Bertz CT molecular complexity index is 533. The molecule has 5 heteroatoms. The average Bonchev–Trinajstić information content (AvgIpc) is 2.64. The molecule has 1 fully saturated rings. The molecule has 0 amide bonds. The number of benzene rings is 1. The normalized spacial score (nSPS) is 20.4. The molecule has 1 aromatic carbocycles. The van der Waals surface area contributed by atoms with E-state index in [0.717, 1.165) is 38.6 Å². The van der Waals surface area contributed by atoms with Gasteiger partial charge in [-0.3, -0.25) is 4.99 Å². The highest BCUT2D eigenvalue weighted by atomic mass is 127. The van der Waals surface area contributed by atoms with Crippen LogP contribution in [0, 0.1) is 12.8 Å². The van der Waals surface area contributed by atoms with Crippen LogP contribution in [0.2, 0.25) is 0 Å². The summed E-state index contributed by atoms with van der Waals surface area (Å²) in [4.78, 5) is 7.18. The molecule has 1 N–H and O–H groups in total. The van der Waals surface area contributed by atoms with Gasteiger partial charge in [-0.2, -0.15) is 0 Å². The zero-order chi connectivity index (χ0) is 18.1. The zero-order valence-corrected chi connectivity index (χ0v) is 19.2. The lowest BCUT2D eigenvalue weighted by Gasteiger charge is -2.32. The lowest BCUT2D eigenvalue weighted by atomic mass is 9.89. The van der Waals surface area contributed by atoms with Crippen LogP contribution in [0.25, 0.3) is 0 Å². The fraction of sp³-hybridized carbons (Fsp3) is 0.667. The Hall–Kier alpha value is -0.820. The first-order valence-corrected chi connectivity index (χ1v) is 9.83. The zero-order valence-electron chi connectivity index (χ0n) is 16.8.